The van der Waals surface area contributed by atoms with Crippen LogP contribution in [-0.2, 0) is 4.79 Å². The van der Waals surface area contributed by atoms with Crippen molar-refractivity contribution in [2.45, 2.75) is 64.3 Å². The SMILES string of the molecule is CC1CCCC(NC(=O)CCC2CCNCC2)C1. The van der Waals surface area contributed by atoms with E-state index in [-0.39, 0.29) is 5.91 Å². The van der Waals surface area contributed by atoms with Crippen LogP contribution in [0.3, 0.4) is 0 Å². The van der Waals surface area contributed by atoms with Crippen molar-refractivity contribution in [1.82, 2.24) is 10.6 Å². The van der Waals surface area contributed by atoms with Crippen LogP contribution in [0.4, 0.5) is 0 Å². The maximum Gasteiger partial charge on any atom is 0.220 e. The molecule has 2 atom stereocenters. The molecule has 0 bridgehead atoms. The Morgan fingerprint density at radius 3 is 2.72 bits per heavy atom. The highest BCUT2D eigenvalue weighted by atomic mass is 16.1. The lowest BCUT2D eigenvalue weighted by atomic mass is 9.87. The van der Waals surface area contributed by atoms with Gasteiger partial charge in [-0.25, -0.2) is 0 Å². The fourth-order valence-corrected chi connectivity index (χ4v) is 3.37. The number of hydrogen-bond donors (Lipinski definition) is 2. The summed E-state index contributed by atoms with van der Waals surface area (Å²) in [5.74, 6) is 1.84. The van der Waals surface area contributed by atoms with Crippen LogP contribution in [-0.4, -0.2) is 25.0 Å². The number of hydrogen-bond acceptors (Lipinski definition) is 2. The quantitative estimate of drug-likeness (QED) is 0.807. The van der Waals surface area contributed by atoms with E-state index in [1.807, 2.05) is 0 Å². The van der Waals surface area contributed by atoms with Crippen molar-refractivity contribution in [2.75, 3.05) is 13.1 Å². The van der Waals surface area contributed by atoms with E-state index in [0.29, 0.717) is 6.04 Å². The molecular formula is C15H28N2O. The van der Waals surface area contributed by atoms with Gasteiger partial charge in [0.25, 0.3) is 0 Å². The number of carbonyl (C=O) groups excluding carboxylic acids is 1. The Morgan fingerprint density at radius 1 is 1.22 bits per heavy atom. The summed E-state index contributed by atoms with van der Waals surface area (Å²) in [6, 6.07) is 0.453. The Labute approximate surface area is 111 Å². The highest BCUT2D eigenvalue weighted by Crippen LogP contribution is 2.24. The molecule has 1 saturated carbocycles. The van der Waals surface area contributed by atoms with Crippen LogP contribution >= 0.6 is 0 Å². The van der Waals surface area contributed by atoms with Gasteiger partial charge in [-0.2, -0.15) is 0 Å². The van der Waals surface area contributed by atoms with Crippen molar-refractivity contribution >= 4 is 5.91 Å². The van der Waals surface area contributed by atoms with Crippen LogP contribution in [0.25, 0.3) is 0 Å². The molecule has 2 unspecified atom stereocenters. The molecule has 18 heavy (non-hydrogen) atoms. The zero-order valence-electron chi connectivity index (χ0n) is 11.7. The van der Waals surface area contributed by atoms with E-state index in [2.05, 4.69) is 17.6 Å². The van der Waals surface area contributed by atoms with Gasteiger partial charge in [0, 0.05) is 12.5 Å². The first-order valence-corrected chi connectivity index (χ1v) is 7.74. The van der Waals surface area contributed by atoms with Crippen molar-refractivity contribution in [3.63, 3.8) is 0 Å². The maximum atomic E-state index is 11.9. The van der Waals surface area contributed by atoms with Crippen molar-refractivity contribution in [2.24, 2.45) is 11.8 Å². The minimum absolute atomic E-state index is 0.285. The summed E-state index contributed by atoms with van der Waals surface area (Å²) in [4.78, 5) is 11.9. The van der Waals surface area contributed by atoms with Gasteiger partial charge in [0.05, 0.1) is 0 Å². The van der Waals surface area contributed by atoms with E-state index in [0.717, 1.165) is 37.8 Å². The summed E-state index contributed by atoms with van der Waals surface area (Å²) < 4.78 is 0. The summed E-state index contributed by atoms with van der Waals surface area (Å²) in [6.45, 7) is 4.56. The van der Waals surface area contributed by atoms with Crippen LogP contribution in [0.15, 0.2) is 0 Å². The van der Waals surface area contributed by atoms with Crippen molar-refractivity contribution in [1.29, 1.82) is 0 Å². The Hall–Kier alpha value is -0.570. The largest absolute Gasteiger partial charge is 0.353 e. The van der Waals surface area contributed by atoms with Crippen LogP contribution in [0.5, 0.6) is 0 Å². The van der Waals surface area contributed by atoms with E-state index < -0.39 is 0 Å². The summed E-state index contributed by atoms with van der Waals surface area (Å²) in [5, 5.41) is 6.61. The number of piperidine rings is 1. The number of amides is 1. The first-order chi connectivity index (χ1) is 8.74. The third kappa shape index (κ3) is 4.60. The van der Waals surface area contributed by atoms with E-state index in [1.165, 1.54) is 38.5 Å². The fourth-order valence-electron chi connectivity index (χ4n) is 3.37. The molecule has 104 valence electrons. The molecule has 3 nitrogen and oxygen atoms in total. The summed E-state index contributed by atoms with van der Waals surface area (Å²) in [5.41, 5.74) is 0. The van der Waals surface area contributed by atoms with Gasteiger partial charge in [-0.15, -0.1) is 0 Å². The third-order valence-corrected chi connectivity index (χ3v) is 4.54. The van der Waals surface area contributed by atoms with Gasteiger partial charge in [0.2, 0.25) is 5.91 Å². The molecule has 2 rings (SSSR count). The van der Waals surface area contributed by atoms with E-state index >= 15 is 0 Å². The Bertz CT molecular complexity index is 261. The minimum atomic E-state index is 0.285. The Balaban J connectivity index is 1.62. The van der Waals surface area contributed by atoms with Crippen LogP contribution in [0.2, 0.25) is 0 Å². The van der Waals surface area contributed by atoms with Crippen molar-refractivity contribution < 1.29 is 4.79 Å². The molecular weight excluding hydrogens is 224 g/mol. The van der Waals surface area contributed by atoms with Crippen LogP contribution in [0, 0.1) is 11.8 Å². The molecule has 1 heterocycles. The molecule has 1 aliphatic heterocycles. The molecule has 2 aliphatic rings. The second-order valence-corrected chi connectivity index (χ2v) is 6.27. The molecule has 0 aromatic rings. The standard InChI is InChI=1S/C15H28N2O/c1-12-3-2-4-14(11-12)17-15(18)6-5-13-7-9-16-10-8-13/h12-14,16H,2-11H2,1H3,(H,17,18). The Morgan fingerprint density at radius 2 is 2.00 bits per heavy atom. The second-order valence-electron chi connectivity index (χ2n) is 6.27. The zero-order chi connectivity index (χ0) is 12.8. The molecule has 1 saturated heterocycles. The van der Waals surface area contributed by atoms with Gasteiger partial charge in [-0.05, 0) is 57.0 Å². The molecule has 2 N–H and O–H groups in total. The second kappa shape index (κ2) is 7.13. The van der Waals surface area contributed by atoms with Gasteiger partial charge in [0.1, 0.15) is 0 Å². The van der Waals surface area contributed by atoms with Gasteiger partial charge in [-0.3, -0.25) is 4.79 Å². The average molecular weight is 252 g/mol. The number of rotatable bonds is 4. The summed E-state index contributed by atoms with van der Waals surface area (Å²) in [6.07, 6.45) is 9.27. The number of carbonyl (C=O) groups is 1. The summed E-state index contributed by atoms with van der Waals surface area (Å²) in [7, 11) is 0. The smallest absolute Gasteiger partial charge is 0.220 e. The first-order valence-electron chi connectivity index (χ1n) is 7.74. The van der Waals surface area contributed by atoms with E-state index in [9.17, 15) is 4.79 Å². The molecule has 1 amide bonds. The maximum absolute atomic E-state index is 11.9. The zero-order valence-corrected chi connectivity index (χ0v) is 11.7. The molecule has 0 spiro atoms. The van der Waals surface area contributed by atoms with E-state index in [4.69, 9.17) is 0 Å². The van der Waals surface area contributed by atoms with Gasteiger partial charge in [0.15, 0.2) is 0 Å². The van der Waals surface area contributed by atoms with Gasteiger partial charge < -0.3 is 10.6 Å². The average Bonchev–Trinajstić information content (AvgIpc) is 2.38. The van der Waals surface area contributed by atoms with Crippen LogP contribution < -0.4 is 10.6 Å². The molecule has 2 fully saturated rings. The Kier molecular flexibility index (Phi) is 5.48. The topological polar surface area (TPSA) is 41.1 Å². The van der Waals surface area contributed by atoms with E-state index in [1.54, 1.807) is 0 Å². The lowest BCUT2D eigenvalue weighted by Gasteiger charge is -2.28. The predicted octanol–water partition coefficient (Wildman–Crippen LogP) is 2.46. The highest BCUT2D eigenvalue weighted by Gasteiger charge is 2.21. The lowest BCUT2D eigenvalue weighted by Crippen LogP contribution is -2.38. The molecule has 1 aliphatic carbocycles. The summed E-state index contributed by atoms with van der Waals surface area (Å²) >= 11 is 0. The van der Waals surface area contributed by atoms with Crippen molar-refractivity contribution in [3.8, 4) is 0 Å². The minimum Gasteiger partial charge on any atom is -0.353 e. The van der Waals surface area contributed by atoms with Gasteiger partial charge in [-0.1, -0.05) is 19.8 Å². The monoisotopic (exact) mass is 252 g/mol. The van der Waals surface area contributed by atoms with Crippen LogP contribution in [0.1, 0.15) is 58.3 Å². The molecule has 0 aromatic carbocycles. The highest BCUT2D eigenvalue weighted by molar-refractivity contribution is 5.76. The fraction of sp³-hybridized carbons (Fsp3) is 0.933. The normalized spacial score (nSPS) is 30.1. The molecule has 0 radical (unpaired) electrons. The first kappa shape index (κ1) is 13.9. The third-order valence-electron chi connectivity index (χ3n) is 4.54. The van der Waals surface area contributed by atoms with Gasteiger partial charge >= 0.3 is 0 Å². The predicted molar refractivity (Wildman–Crippen MR) is 74.4 cm³/mol. The lowest BCUT2D eigenvalue weighted by molar-refractivity contribution is -0.122. The molecule has 0 aromatic heterocycles. The molecule has 3 heteroatoms. The van der Waals surface area contributed by atoms with Crippen molar-refractivity contribution in [3.05, 3.63) is 0 Å². The number of nitrogens with one attached hydrogen (secondary N) is 2.